The van der Waals surface area contributed by atoms with E-state index in [9.17, 15) is 18.0 Å². The Bertz CT molecular complexity index is 537. The molecule has 0 spiro atoms. The van der Waals surface area contributed by atoms with Crippen molar-refractivity contribution < 1.29 is 27.4 Å². The van der Waals surface area contributed by atoms with Crippen LogP contribution in [0.15, 0.2) is 24.3 Å². The number of rotatable bonds is 6. The number of benzene rings is 1. The summed E-state index contributed by atoms with van der Waals surface area (Å²) in [6, 6.07) is 5.96. The van der Waals surface area contributed by atoms with Crippen molar-refractivity contribution in [2.75, 3.05) is 32.8 Å². The fraction of sp³-hybridized carbons (Fsp3) is 0.533. The Balaban J connectivity index is 1.89. The lowest BCUT2D eigenvalue weighted by atomic mass is 10.1. The van der Waals surface area contributed by atoms with E-state index in [-0.39, 0.29) is 24.0 Å². The van der Waals surface area contributed by atoms with Gasteiger partial charge in [-0.3, -0.25) is 4.79 Å². The van der Waals surface area contributed by atoms with Crippen LogP contribution in [0.25, 0.3) is 0 Å². The minimum atomic E-state index is -4.43. The molecule has 0 aliphatic carbocycles. The van der Waals surface area contributed by atoms with Gasteiger partial charge < -0.3 is 20.1 Å². The van der Waals surface area contributed by atoms with Gasteiger partial charge in [0.15, 0.2) is 24.7 Å². The van der Waals surface area contributed by atoms with Gasteiger partial charge in [0.2, 0.25) is 0 Å². The van der Waals surface area contributed by atoms with Gasteiger partial charge in [0.25, 0.3) is 5.91 Å². The lowest BCUT2D eigenvalue weighted by molar-refractivity contribution is -0.153. The maximum atomic E-state index is 12.2. The maximum absolute atomic E-state index is 12.2. The molecule has 1 aliphatic heterocycles. The molecule has 0 saturated carbocycles. The fourth-order valence-corrected chi connectivity index (χ4v) is 2.33. The van der Waals surface area contributed by atoms with Crippen molar-refractivity contribution in [1.29, 1.82) is 0 Å². The molecule has 1 fully saturated rings. The van der Waals surface area contributed by atoms with Gasteiger partial charge in [-0.05, 0) is 31.0 Å². The summed E-state index contributed by atoms with van der Waals surface area (Å²) in [5.41, 5.74) is 5.57. The number of likely N-dealkylation sites (tertiary alicyclic amines) is 1. The first kappa shape index (κ1) is 17.4. The number of hydrogen-bond acceptors (Lipinski definition) is 4. The molecule has 1 saturated heterocycles. The number of amides is 1. The molecule has 0 unspecified atom stereocenters. The van der Waals surface area contributed by atoms with Crippen LogP contribution in [-0.4, -0.2) is 49.8 Å². The first-order valence-corrected chi connectivity index (χ1v) is 7.28. The van der Waals surface area contributed by atoms with Crippen LogP contribution >= 0.6 is 0 Å². The summed E-state index contributed by atoms with van der Waals surface area (Å²) in [5, 5.41) is 0. The number of hydrogen-bond donors (Lipinski definition) is 1. The van der Waals surface area contributed by atoms with E-state index >= 15 is 0 Å². The van der Waals surface area contributed by atoms with Crippen LogP contribution < -0.4 is 15.2 Å². The van der Waals surface area contributed by atoms with Crippen LogP contribution in [0.2, 0.25) is 0 Å². The Kier molecular flexibility index (Phi) is 5.70. The molecule has 128 valence electrons. The number of carbonyl (C=O) groups excluding carboxylic acids is 1. The maximum Gasteiger partial charge on any atom is 0.422 e. The quantitative estimate of drug-likeness (QED) is 0.863. The van der Waals surface area contributed by atoms with Gasteiger partial charge >= 0.3 is 6.18 Å². The molecule has 2 rings (SSSR count). The minimum Gasteiger partial charge on any atom is -0.480 e. The van der Waals surface area contributed by atoms with Gasteiger partial charge in [-0.15, -0.1) is 0 Å². The lowest BCUT2D eigenvalue weighted by Crippen LogP contribution is -2.33. The zero-order valence-electron chi connectivity index (χ0n) is 12.5. The molecule has 1 amide bonds. The van der Waals surface area contributed by atoms with E-state index in [0.29, 0.717) is 25.6 Å². The monoisotopic (exact) mass is 332 g/mol. The molecule has 1 atom stereocenters. The molecule has 0 aromatic heterocycles. The highest BCUT2D eigenvalue weighted by Gasteiger charge is 2.29. The molecule has 1 aromatic rings. The molecule has 1 aromatic carbocycles. The van der Waals surface area contributed by atoms with Crippen molar-refractivity contribution in [2.45, 2.75) is 12.6 Å². The molecule has 23 heavy (non-hydrogen) atoms. The van der Waals surface area contributed by atoms with Crippen molar-refractivity contribution in [3.05, 3.63) is 24.3 Å². The molecule has 1 aliphatic rings. The Hall–Kier alpha value is -1.96. The van der Waals surface area contributed by atoms with Crippen LogP contribution in [0, 0.1) is 5.92 Å². The molecule has 0 radical (unpaired) electrons. The molecular formula is C15H19F3N2O3. The summed E-state index contributed by atoms with van der Waals surface area (Å²) in [6.07, 6.45) is -3.58. The normalized spacial score (nSPS) is 18.1. The van der Waals surface area contributed by atoms with Gasteiger partial charge in [0.1, 0.15) is 0 Å². The third-order valence-electron chi connectivity index (χ3n) is 3.56. The highest BCUT2D eigenvalue weighted by Crippen LogP contribution is 2.28. The molecule has 0 bridgehead atoms. The predicted octanol–water partition coefficient (Wildman–Crippen LogP) is 1.81. The Morgan fingerprint density at radius 1 is 1.26 bits per heavy atom. The number of ether oxygens (including phenoxy) is 2. The topological polar surface area (TPSA) is 64.8 Å². The molecule has 2 N–H and O–H groups in total. The zero-order valence-corrected chi connectivity index (χ0v) is 12.5. The zero-order chi connectivity index (χ0) is 16.9. The van der Waals surface area contributed by atoms with Crippen LogP contribution in [0.1, 0.15) is 6.42 Å². The largest absolute Gasteiger partial charge is 0.480 e. The number of alkyl halides is 3. The number of carbonyl (C=O) groups is 1. The summed E-state index contributed by atoms with van der Waals surface area (Å²) in [5.74, 6) is 0.145. The van der Waals surface area contributed by atoms with Gasteiger partial charge in [-0.25, -0.2) is 0 Å². The number of para-hydroxylation sites is 2. The van der Waals surface area contributed by atoms with Crippen molar-refractivity contribution in [1.82, 2.24) is 4.90 Å². The van der Waals surface area contributed by atoms with Crippen molar-refractivity contribution >= 4 is 5.91 Å². The second kappa shape index (κ2) is 7.54. The van der Waals surface area contributed by atoms with E-state index in [1.54, 1.807) is 11.0 Å². The van der Waals surface area contributed by atoms with Gasteiger partial charge in [-0.1, -0.05) is 12.1 Å². The highest BCUT2D eigenvalue weighted by molar-refractivity contribution is 5.78. The fourth-order valence-electron chi connectivity index (χ4n) is 2.33. The minimum absolute atomic E-state index is 0.0427. The Morgan fingerprint density at radius 2 is 1.91 bits per heavy atom. The van der Waals surface area contributed by atoms with Gasteiger partial charge in [0.05, 0.1) is 0 Å². The van der Waals surface area contributed by atoms with Crippen LogP contribution in [-0.2, 0) is 4.79 Å². The number of nitrogens with zero attached hydrogens (tertiary/aromatic N) is 1. The van der Waals surface area contributed by atoms with E-state index in [2.05, 4.69) is 0 Å². The van der Waals surface area contributed by atoms with E-state index in [4.69, 9.17) is 15.2 Å². The van der Waals surface area contributed by atoms with Crippen molar-refractivity contribution in [3.8, 4) is 11.5 Å². The third kappa shape index (κ3) is 5.31. The lowest BCUT2D eigenvalue weighted by Gasteiger charge is -2.18. The Morgan fingerprint density at radius 3 is 2.48 bits per heavy atom. The van der Waals surface area contributed by atoms with E-state index in [1.807, 2.05) is 0 Å². The number of nitrogens with two attached hydrogens (primary N) is 1. The van der Waals surface area contributed by atoms with Gasteiger partial charge in [0, 0.05) is 13.1 Å². The van der Waals surface area contributed by atoms with Crippen molar-refractivity contribution in [2.24, 2.45) is 11.7 Å². The average Bonchev–Trinajstić information content (AvgIpc) is 2.99. The SMILES string of the molecule is NC[C@@H]1CCN(C(=O)COc2ccccc2OCC(F)(F)F)C1. The second-order valence-corrected chi connectivity index (χ2v) is 5.37. The smallest absolute Gasteiger partial charge is 0.422 e. The van der Waals surface area contributed by atoms with E-state index in [1.165, 1.54) is 18.2 Å². The van der Waals surface area contributed by atoms with E-state index in [0.717, 1.165) is 6.42 Å². The molecule has 8 heteroatoms. The van der Waals surface area contributed by atoms with Crippen molar-refractivity contribution in [3.63, 3.8) is 0 Å². The summed E-state index contributed by atoms with van der Waals surface area (Å²) >= 11 is 0. The first-order valence-electron chi connectivity index (χ1n) is 7.28. The third-order valence-corrected chi connectivity index (χ3v) is 3.56. The van der Waals surface area contributed by atoms with Crippen LogP contribution in [0.3, 0.4) is 0 Å². The first-order chi connectivity index (χ1) is 10.9. The van der Waals surface area contributed by atoms with Crippen LogP contribution in [0.5, 0.6) is 11.5 Å². The highest BCUT2D eigenvalue weighted by atomic mass is 19.4. The summed E-state index contributed by atoms with van der Waals surface area (Å²) in [4.78, 5) is 13.7. The number of halogens is 3. The molecule has 1 heterocycles. The predicted molar refractivity (Wildman–Crippen MR) is 77.2 cm³/mol. The van der Waals surface area contributed by atoms with Crippen LogP contribution in [0.4, 0.5) is 13.2 Å². The molecule has 5 nitrogen and oxygen atoms in total. The standard InChI is InChI=1S/C15H19F3N2O3/c16-15(17,18)10-23-13-4-2-1-3-12(13)22-9-14(21)20-6-5-11(7-19)8-20/h1-4,11H,5-10,19H2/t11-/m0/s1. The summed E-state index contributed by atoms with van der Waals surface area (Å²) in [7, 11) is 0. The average molecular weight is 332 g/mol. The molecular weight excluding hydrogens is 313 g/mol. The Labute approximate surface area is 132 Å². The van der Waals surface area contributed by atoms with E-state index < -0.39 is 12.8 Å². The summed E-state index contributed by atoms with van der Waals surface area (Å²) in [6.45, 7) is 0.0786. The van der Waals surface area contributed by atoms with Gasteiger partial charge in [-0.2, -0.15) is 13.2 Å². The summed E-state index contributed by atoms with van der Waals surface area (Å²) < 4.78 is 46.7. The second-order valence-electron chi connectivity index (χ2n) is 5.37.